The molecule has 322 valence electrons. The van der Waals surface area contributed by atoms with Crippen molar-refractivity contribution in [1.82, 2.24) is 10.2 Å². The van der Waals surface area contributed by atoms with Gasteiger partial charge in [-0.25, -0.2) is 13.2 Å². The van der Waals surface area contributed by atoms with Crippen molar-refractivity contribution in [3.05, 3.63) is 135 Å². The van der Waals surface area contributed by atoms with Crippen molar-refractivity contribution in [2.24, 2.45) is 5.92 Å². The van der Waals surface area contributed by atoms with Crippen molar-refractivity contribution in [1.29, 1.82) is 0 Å². The summed E-state index contributed by atoms with van der Waals surface area (Å²) >= 11 is 0. The first-order valence-electron chi connectivity index (χ1n) is 17.7. The second-order valence-corrected chi connectivity index (χ2v) is 13.6. The Hall–Kier alpha value is -5.82. The van der Waals surface area contributed by atoms with E-state index in [-0.39, 0.29) is 74.0 Å². The Morgan fingerprint density at radius 1 is 0.733 bits per heavy atom. The summed E-state index contributed by atoms with van der Waals surface area (Å²) in [5.41, 5.74) is -9.35. The molecule has 5 rings (SSSR count). The Kier molecular flexibility index (Phi) is 13.1. The molecule has 0 aliphatic carbocycles. The summed E-state index contributed by atoms with van der Waals surface area (Å²) in [4.78, 5) is 40.9. The first-order valence-corrected chi connectivity index (χ1v) is 17.7. The topological polar surface area (TPSA) is 84.9 Å². The van der Waals surface area contributed by atoms with Gasteiger partial charge in [-0.3, -0.25) is 14.4 Å². The Bertz CT molecular complexity index is 2220. The number of amides is 2. The molecule has 1 aliphatic rings. The minimum atomic E-state index is -5.46. The molecule has 0 radical (unpaired) electrons. The molecule has 0 saturated carbocycles. The number of nitrogens with one attached hydrogen (secondary N) is 1. The molecule has 20 heteroatoms. The number of carbonyl (C=O) groups is 3. The summed E-state index contributed by atoms with van der Waals surface area (Å²) in [6.45, 7) is 2.10. The van der Waals surface area contributed by atoms with Crippen LogP contribution in [0, 0.1) is 23.4 Å². The number of hydrogen-bond donors (Lipinski definition) is 1. The third-order valence-electron chi connectivity index (χ3n) is 9.57. The van der Waals surface area contributed by atoms with E-state index in [9.17, 15) is 67.1 Å². The first-order chi connectivity index (χ1) is 27.9. The minimum absolute atomic E-state index is 0.0331. The molecular formula is C40H31F13N2O5. The van der Waals surface area contributed by atoms with Crippen molar-refractivity contribution in [2.75, 3.05) is 19.7 Å². The molecule has 0 spiro atoms. The number of likely N-dealkylation sites (tertiary alicyclic amines) is 1. The normalized spacial score (nSPS) is 15.1. The number of piperidine rings is 1. The fraction of sp³-hybridized carbons (Fsp3) is 0.325. The van der Waals surface area contributed by atoms with Crippen LogP contribution in [-0.2, 0) is 33.8 Å². The lowest BCUT2D eigenvalue weighted by atomic mass is 9.76. The minimum Gasteiger partial charge on any atom is -0.466 e. The van der Waals surface area contributed by atoms with E-state index in [0.29, 0.717) is 24.3 Å². The summed E-state index contributed by atoms with van der Waals surface area (Å²) in [6.07, 6.45) is -20.9. The molecule has 0 unspecified atom stereocenters. The average molecular weight is 867 g/mol. The van der Waals surface area contributed by atoms with Crippen LogP contribution in [0.25, 0.3) is 0 Å². The van der Waals surface area contributed by atoms with Crippen LogP contribution in [0.5, 0.6) is 5.75 Å². The van der Waals surface area contributed by atoms with E-state index in [1.165, 1.54) is 29.2 Å². The largest absolute Gasteiger partial charge is 0.466 e. The highest BCUT2D eigenvalue weighted by molar-refractivity contribution is 5.96. The molecule has 1 saturated heterocycles. The van der Waals surface area contributed by atoms with Gasteiger partial charge >= 0.3 is 30.9 Å². The molecule has 4 aromatic carbocycles. The highest BCUT2D eigenvalue weighted by Gasteiger charge is 2.46. The van der Waals surface area contributed by atoms with Gasteiger partial charge in [0.05, 0.1) is 29.2 Å². The van der Waals surface area contributed by atoms with Gasteiger partial charge in [0.15, 0.2) is 0 Å². The molecular weight excluding hydrogens is 835 g/mol. The maximum atomic E-state index is 15.3. The van der Waals surface area contributed by atoms with E-state index in [4.69, 9.17) is 4.74 Å². The van der Waals surface area contributed by atoms with Crippen LogP contribution < -0.4 is 10.1 Å². The van der Waals surface area contributed by atoms with Gasteiger partial charge in [-0.1, -0.05) is 18.2 Å². The summed E-state index contributed by atoms with van der Waals surface area (Å²) in [7, 11) is 0. The molecule has 7 nitrogen and oxygen atoms in total. The lowest BCUT2D eigenvalue weighted by Crippen LogP contribution is -2.49. The van der Waals surface area contributed by atoms with Crippen molar-refractivity contribution in [3.63, 3.8) is 0 Å². The average Bonchev–Trinajstić information content (AvgIpc) is 3.16. The second-order valence-electron chi connectivity index (χ2n) is 13.6. The summed E-state index contributed by atoms with van der Waals surface area (Å²) in [5.74, 6) is -9.62. The molecule has 1 N–H and O–H groups in total. The highest BCUT2D eigenvalue weighted by atomic mass is 19.4. The summed E-state index contributed by atoms with van der Waals surface area (Å²) in [6, 6.07) is 7.82. The maximum Gasteiger partial charge on any atom is 0.461 e. The van der Waals surface area contributed by atoms with E-state index in [1.807, 2.05) is 0 Å². The SMILES string of the molecule is CCOC(=O)C1CCN(C(=O)c2ccc(C[C@](NC(=O)c3ccc(F)c(C(F)(F)F)c3)(c3cc(F)cc(OC(F)(F)C(F)F)c3)c3ccc(F)c(C(F)(F)F)c3)cc2)CC1. The van der Waals surface area contributed by atoms with Gasteiger partial charge in [-0.2, -0.15) is 43.9 Å². The monoisotopic (exact) mass is 866 g/mol. The molecule has 1 atom stereocenters. The molecule has 0 bridgehead atoms. The lowest BCUT2D eigenvalue weighted by molar-refractivity contribution is -0.253. The van der Waals surface area contributed by atoms with E-state index >= 15 is 4.39 Å². The van der Waals surface area contributed by atoms with E-state index < -0.39 is 112 Å². The number of halogens is 13. The van der Waals surface area contributed by atoms with Crippen LogP contribution >= 0.6 is 0 Å². The van der Waals surface area contributed by atoms with Crippen molar-refractivity contribution >= 4 is 17.8 Å². The number of nitrogens with zero attached hydrogens (tertiary/aromatic N) is 1. The molecule has 1 fully saturated rings. The lowest BCUT2D eigenvalue weighted by Gasteiger charge is -2.37. The van der Waals surface area contributed by atoms with Gasteiger partial charge in [-0.15, -0.1) is 0 Å². The molecule has 4 aromatic rings. The predicted octanol–water partition coefficient (Wildman–Crippen LogP) is 9.71. The van der Waals surface area contributed by atoms with E-state index in [0.717, 1.165) is 0 Å². The molecule has 1 aliphatic heterocycles. The van der Waals surface area contributed by atoms with Crippen LogP contribution in [0.15, 0.2) is 78.9 Å². The fourth-order valence-electron chi connectivity index (χ4n) is 6.62. The molecule has 60 heavy (non-hydrogen) atoms. The van der Waals surface area contributed by atoms with Crippen molar-refractivity contribution < 1.29 is 80.9 Å². The van der Waals surface area contributed by atoms with Crippen molar-refractivity contribution in [3.8, 4) is 5.75 Å². The predicted molar refractivity (Wildman–Crippen MR) is 184 cm³/mol. The zero-order valence-corrected chi connectivity index (χ0v) is 30.8. The fourth-order valence-corrected chi connectivity index (χ4v) is 6.62. The van der Waals surface area contributed by atoms with Crippen LogP contribution in [0.4, 0.5) is 57.1 Å². The number of ether oxygens (including phenoxy) is 2. The van der Waals surface area contributed by atoms with E-state index in [2.05, 4.69) is 10.1 Å². The van der Waals surface area contributed by atoms with Crippen LogP contribution in [0.3, 0.4) is 0 Å². The van der Waals surface area contributed by atoms with Gasteiger partial charge < -0.3 is 19.7 Å². The van der Waals surface area contributed by atoms with Crippen LogP contribution in [0.2, 0.25) is 0 Å². The maximum absolute atomic E-state index is 15.3. The molecule has 2 amide bonds. The number of carbonyl (C=O) groups excluding carboxylic acids is 3. The van der Waals surface area contributed by atoms with Crippen LogP contribution in [0.1, 0.15) is 68.3 Å². The Morgan fingerprint density at radius 2 is 1.30 bits per heavy atom. The zero-order valence-electron chi connectivity index (χ0n) is 30.8. The van der Waals surface area contributed by atoms with Gasteiger partial charge in [-0.05, 0) is 91.1 Å². The number of alkyl halides is 10. The zero-order chi connectivity index (χ0) is 44.4. The van der Waals surface area contributed by atoms with Crippen LogP contribution in [-0.4, -0.2) is 54.9 Å². The summed E-state index contributed by atoms with van der Waals surface area (Å²) in [5, 5.41) is 2.19. The summed E-state index contributed by atoms with van der Waals surface area (Å²) < 4.78 is 191. The Labute approximate surface area is 332 Å². The first kappa shape index (κ1) is 45.3. The van der Waals surface area contributed by atoms with E-state index in [1.54, 1.807) is 6.92 Å². The third kappa shape index (κ3) is 10.1. The Morgan fingerprint density at radius 3 is 1.87 bits per heavy atom. The van der Waals surface area contributed by atoms with Crippen molar-refractivity contribution in [2.45, 2.75) is 56.6 Å². The molecule has 0 aromatic heterocycles. The number of hydrogen-bond acceptors (Lipinski definition) is 5. The second kappa shape index (κ2) is 17.4. The molecule has 1 heterocycles. The van der Waals surface area contributed by atoms with Gasteiger partial charge in [0.2, 0.25) is 0 Å². The number of rotatable bonds is 12. The number of esters is 1. The standard InChI is InChI=1S/C40H31F13N2O5/c1-2-59-35(58)23-11-13-55(14-12-23)34(57)22-5-3-21(4-6-22)20-37(25-8-10-32(43)30(18-25)39(49,50)51,26-16-27(41)19-28(17-26)60-40(52,53)36(44)45)54-33(56)24-7-9-31(42)29(15-24)38(46,47)48/h3-10,15-19,23,36H,2,11-14,20H2,1H3,(H,54,56)/t37-/m1/s1. The van der Waals surface area contributed by atoms with Gasteiger partial charge in [0.1, 0.15) is 23.2 Å². The quantitative estimate of drug-likeness (QED) is 0.113. The number of benzene rings is 4. The van der Waals surface area contributed by atoms with Gasteiger partial charge in [0.25, 0.3) is 11.8 Å². The Balaban J connectivity index is 1.67. The smallest absolute Gasteiger partial charge is 0.461 e. The highest BCUT2D eigenvalue weighted by Crippen LogP contribution is 2.41. The third-order valence-corrected chi connectivity index (χ3v) is 9.57. The van der Waals surface area contributed by atoms with Gasteiger partial charge in [0, 0.05) is 36.7 Å².